The minimum absolute atomic E-state index is 0.00554. The lowest BCUT2D eigenvalue weighted by Crippen LogP contribution is -2.56. The molecule has 0 radical (unpaired) electrons. The number of hydrogen-bond acceptors (Lipinski definition) is 17. The second kappa shape index (κ2) is 38.5. The molecular weight excluding hydrogens is 1390 g/mol. The zero-order valence-corrected chi connectivity index (χ0v) is 65.3. The molecule has 9 aromatic rings. The van der Waals surface area contributed by atoms with Crippen molar-refractivity contribution in [2.75, 3.05) is 93.2 Å². The van der Waals surface area contributed by atoms with E-state index in [1.165, 1.54) is 0 Å². The number of pyridine rings is 1. The maximum Gasteiger partial charge on any atom is 0.253 e. The van der Waals surface area contributed by atoms with Crippen molar-refractivity contribution in [2.45, 2.75) is 112 Å². The summed E-state index contributed by atoms with van der Waals surface area (Å²) in [6, 6.07) is 61.1. The predicted molar refractivity (Wildman–Crippen MR) is 435 cm³/mol. The Morgan fingerprint density at radius 2 is 0.835 bits per heavy atom. The van der Waals surface area contributed by atoms with Crippen LogP contribution in [0.3, 0.4) is 0 Å². The Morgan fingerprint density at radius 1 is 0.422 bits per heavy atom. The number of amides is 3. The monoisotopic (exact) mass is 1500 g/mol. The lowest BCUT2D eigenvalue weighted by atomic mass is 10.0. The van der Waals surface area contributed by atoms with Crippen LogP contribution in [0.1, 0.15) is 105 Å². The molecule has 3 aliphatic rings. The second-order valence-electron chi connectivity index (χ2n) is 29.9. The van der Waals surface area contributed by atoms with Crippen molar-refractivity contribution in [3.63, 3.8) is 0 Å². The van der Waals surface area contributed by atoms with Crippen LogP contribution < -0.4 is 44.9 Å². The Balaban J connectivity index is 0.000000174. The van der Waals surface area contributed by atoms with Crippen molar-refractivity contribution < 1.29 is 49.0 Å². The number of phenols is 4. The summed E-state index contributed by atoms with van der Waals surface area (Å²) >= 11 is 6.47. The summed E-state index contributed by atoms with van der Waals surface area (Å²) < 4.78 is 17.4. The maximum absolute atomic E-state index is 13.1. The first-order chi connectivity index (χ1) is 52.3. The Hall–Kier alpha value is -10.5. The molecule has 0 spiro atoms. The van der Waals surface area contributed by atoms with E-state index in [0.717, 1.165) is 107 Å². The van der Waals surface area contributed by atoms with Gasteiger partial charge < -0.3 is 65.3 Å². The number of carbonyl (C=O) groups is 3. The molecule has 576 valence electrons. The van der Waals surface area contributed by atoms with Gasteiger partial charge >= 0.3 is 0 Å². The molecule has 3 fully saturated rings. The van der Waals surface area contributed by atoms with E-state index in [0.29, 0.717) is 74.5 Å². The van der Waals surface area contributed by atoms with Crippen molar-refractivity contribution in [3.8, 4) is 57.6 Å². The van der Waals surface area contributed by atoms with Gasteiger partial charge in [0.05, 0.1) is 10.6 Å². The molecule has 0 bridgehead atoms. The first-order valence-corrected chi connectivity index (χ1v) is 38.2. The molecule has 12 rings (SSSR count). The number of halogens is 1. The lowest BCUT2D eigenvalue weighted by molar-refractivity contribution is 0.0894. The van der Waals surface area contributed by atoms with E-state index >= 15 is 0 Å². The fourth-order valence-corrected chi connectivity index (χ4v) is 14.1. The molecule has 7 N–H and O–H groups in total. The van der Waals surface area contributed by atoms with Crippen molar-refractivity contribution in [3.05, 3.63) is 239 Å². The van der Waals surface area contributed by atoms with Gasteiger partial charge in [0, 0.05) is 173 Å². The third-order valence-corrected chi connectivity index (χ3v) is 20.5. The van der Waals surface area contributed by atoms with Crippen LogP contribution in [0.25, 0.3) is 0 Å². The zero-order chi connectivity index (χ0) is 77.8. The van der Waals surface area contributed by atoms with Gasteiger partial charge in [-0.15, -0.1) is 0 Å². The van der Waals surface area contributed by atoms with Gasteiger partial charge in [0.25, 0.3) is 17.7 Å². The molecule has 3 saturated heterocycles. The van der Waals surface area contributed by atoms with Crippen molar-refractivity contribution >= 4 is 46.4 Å². The van der Waals surface area contributed by atoms with Crippen molar-refractivity contribution in [2.24, 2.45) is 17.8 Å². The number of nitrogens with one attached hydrogen (secondary N) is 3. The Morgan fingerprint density at radius 3 is 1.27 bits per heavy atom. The van der Waals surface area contributed by atoms with Gasteiger partial charge in [-0.05, 0) is 185 Å². The van der Waals surface area contributed by atoms with Crippen LogP contribution in [0, 0.1) is 31.6 Å². The Labute approximate surface area is 647 Å². The highest BCUT2D eigenvalue weighted by molar-refractivity contribution is 6.32. The van der Waals surface area contributed by atoms with E-state index in [9.17, 15) is 34.8 Å². The molecule has 21 heteroatoms. The highest BCUT2D eigenvalue weighted by Crippen LogP contribution is 2.35. The van der Waals surface area contributed by atoms with E-state index in [-0.39, 0.29) is 76.6 Å². The van der Waals surface area contributed by atoms with Crippen LogP contribution in [-0.2, 0) is 0 Å². The molecule has 0 aliphatic carbocycles. The number of nitrogens with zero attached hydrogens (tertiary/aromatic N) is 7. The predicted octanol–water partition coefficient (Wildman–Crippen LogP) is 15.8. The minimum atomic E-state index is -0.144. The summed E-state index contributed by atoms with van der Waals surface area (Å²) in [5.41, 5.74) is 6.77. The largest absolute Gasteiger partial charge is 0.508 e. The number of para-hydroxylation sites is 1. The van der Waals surface area contributed by atoms with Crippen LogP contribution in [0.2, 0.25) is 5.02 Å². The number of hydrogen-bond donors (Lipinski definition) is 7. The number of anilines is 3. The number of piperazine rings is 3. The minimum Gasteiger partial charge on any atom is -0.508 e. The third-order valence-electron chi connectivity index (χ3n) is 20.2. The van der Waals surface area contributed by atoms with Crippen molar-refractivity contribution in [1.82, 2.24) is 35.6 Å². The topological polar surface area (TPSA) is 228 Å². The van der Waals surface area contributed by atoms with Gasteiger partial charge in [-0.2, -0.15) is 0 Å². The van der Waals surface area contributed by atoms with Gasteiger partial charge in [0.2, 0.25) is 5.88 Å². The fourth-order valence-electron chi connectivity index (χ4n) is 13.8. The smallest absolute Gasteiger partial charge is 0.253 e. The molecule has 8 aromatic carbocycles. The highest BCUT2D eigenvalue weighted by Gasteiger charge is 2.32. The van der Waals surface area contributed by atoms with Crippen LogP contribution in [0.5, 0.6) is 57.6 Å². The molecule has 1 aromatic heterocycles. The van der Waals surface area contributed by atoms with Crippen LogP contribution >= 0.6 is 11.6 Å². The summed E-state index contributed by atoms with van der Waals surface area (Å²) in [6.07, 6.45) is 1.56. The van der Waals surface area contributed by atoms with E-state index < -0.39 is 0 Å². The van der Waals surface area contributed by atoms with Crippen molar-refractivity contribution in [1.29, 1.82) is 0 Å². The quantitative estimate of drug-likeness (QED) is 0.0298. The zero-order valence-electron chi connectivity index (χ0n) is 64.6. The molecule has 109 heavy (non-hydrogen) atoms. The van der Waals surface area contributed by atoms with Gasteiger partial charge in [-0.25, -0.2) is 4.98 Å². The lowest BCUT2D eigenvalue weighted by Gasteiger charge is -2.42. The maximum atomic E-state index is 13.1. The number of aromatic nitrogens is 1. The van der Waals surface area contributed by atoms with Crippen LogP contribution in [-0.4, -0.2) is 173 Å². The van der Waals surface area contributed by atoms with E-state index in [1.54, 1.807) is 91.1 Å². The number of carbonyl (C=O) groups excluding carboxylic acids is 3. The normalized spacial score (nSPS) is 17.1. The molecule has 3 aliphatic heterocycles. The van der Waals surface area contributed by atoms with Crippen LogP contribution in [0.4, 0.5) is 17.1 Å². The van der Waals surface area contributed by atoms with Gasteiger partial charge in [0.1, 0.15) is 40.2 Å². The van der Waals surface area contributed by atoms with Gasteiger partial charge in [-0.3, -0.25) is 29.1 Å². The van der Waals surface area contributed by atoms with E-state index in [2.05, 4.69) is 113 Å². The SMILES string of the molecule is CC(C)[C@@H](CN1CCN(c2cccc(O)c2)[C@@H](C)C1)NC(=O)c1ccc(Oc2ccccc2)nc1.Cc1ccc(O)c(Oc2ccc(C(=O)N[C@H](CN3CCN(c4cccc(O)c4)[C@@H](C)C3)C(C)C)cc2)c1.Cc1cccc(Oc2ccc(C(=O)N[C@H](CN3CCN(c4cccc(O)c4)[C@@H](C)C3)C(C)C)cc2Cl)c1. The van der Waals surface area contributed by atoms with Crippen LogP contribution in [0.15, 0.2) is 206 Å². The number of ether oxygens (including phenoxy) is 3. The summed E-state index contributed by atoms with van der Waals surface area (Å²) in [5.74, 6) is 4.67. The summed E-state index contributed by atoms with van der Waals surface area (Å²) in [4.78, 5) is 57.6. The molecular formula is C88H107ClN10O10. The molecule has 3 amide bonds. The summed E-state index contributed by atoms with van der Waals surface area (Å²) in [7, 11) is 0. The number of aryl methyl sites for hydroxylation is 2. The van der Waals surface area contributed by atoms with E-state index in [1.807, 2.05) is 129 Å². The first kappa shape index (κ1) is 81.0. The van der Waals surface area contributed by atoms with Gasteiger partial charge in [0.15, 0.2) is 11.5 Å². The summed E-state index contributed by atoms with van der Waals surface area (Å²) in [5, 5.41) is 49.6. The standard InChI is InChI=1S/C30H36ClN3O3.C30H37N3O4.C28H34N4O3/c1-20(2)28(19-33-13-14-34(22(4)18-33)24-8-6-9-25(35)17-24)32-30(36)23-11-12-29(27(31)16-23)37-26-10-5-7-21(3)15-26;1-20(2)27(19-32-14-15-33(22(4)18-32)24-6-5-7-25(34)17-24)31-30(36)23-9-11-26(12-10-23)37-29-16-21(3)8-13-28(29)35;1-20(2)26(19-31-14-15-32(21(3)18-31)23-8-7-9-24(33)16-23)30-28(34)22-12-13-27(29-17-22)35-25-10-5-4-6-11-25/h5-12,15-17,20,22,28,35H,13-14,18-19H2,1-4H3,(H,32,36);5-13,16-17,20,22,27,34-35H,14-15,18-19H2,1-4H3,(H,31,36);4-13,16-17,20-21,26,33H,14-15,18-19H2,1-3H3,(H,30,34)/t22-,28+;22-,27+;21-,26+/m000/s1. The molecule has 20 nitrogen and oxygen atoms in total. The number of rotatable bonds is 24. The Bertz CT molecular complexity index is 4440. The van der Waals surface area contributed by atoms with Gasteiger partial charge in [-0.1, -0.05) is 108 Å². The number of benzene rings is 8. The molecule has 0 saturated carbocycles. The second-order valence-corrected chi connectivity index (χ2v) is 30.3. The molecule has 6 atom stereocenters. The molecule has 0 unspecified atom stereocenters. The fraction of sp³-hybridized carbons (Fsp3) is 0.364. The average Bonchev–Trinajstić information content (AvgIpc) is 0.837. The number of aromatic hydroxyl groups is 4. The highest BCUT2D eigenvalue weighted by atomic mass is 35.5. The first-order valence-electron chi connectivity index (χ1n) is 37.8. The Kier molecular flexibility index (Phi) is 28.6. The average molecular weight is 1500 g/mol. The summed E-state index contributed by atoms with van der Waals surface area (Å²) in [6.45, 7) is 33.5. The van der Waals surface area contributed by atoms with E-state index in [4.69, 9.17) is 25.8 Å². The third kappa shape index (κ3) is 23.5. The molecule has 4 heterocycles. The number of phenolic OH excluding ortho intramolecular Hbond substituents is 4.